The molecule has 1 aromatic carbocycles. The maximum Gasteiger partial charge on any atom is 0.332 e. The zero-order chi connectivity index (χ0) is 20.9. The van der Waals surface area contributed by atoms with Crippen molar-refractivity contribution in [1.82, 2.24) is 23.1 Å². The van der Waals surface area contributed by atoms with E-state index in [1.165, 1.54) is 9.13 Å². The molecule has 0 aliphatic carbocycles. The van der Waals surface area contributed by atoms with E-state index in [4.69, 9.17) is 4.74 Å². The van der Waals surface area contributed by atoms with Crippen LogP contribution >= 0.6 is 0 Å². The van der Waals surface area contributed by atoms with Gasteiger partial charge in [0.05, 0.1) is 7.11 Å². The topological polar surface area (TPSA) is 75.5 Å². The van der Waals surface area contributed by atoms with Crippen molar-refractivity contribution in [3.8, 4) is 11.4 Å². The van der Waals surface area contributed by atoms with Gasteiger partial charge in [-0.05, 0) is 43.5 Å². The molecule has 0 N–H and O–H groups in total. The van der Waals surface area contributed by atoms with Crippen molar-refractivity contribution in [2.75, 3.05) is 7.11 Å². The van der Waals surface area contributed by atoms with Crippen molar-refractivity contribution in [1.29, 1.82) is 0 Å². The molecule has 0 saturated heterocycles. The van der Waals surface area contributed by atoms with Gasteiger partial charge in [-0.25, -0.2) is 4.79 Å². The highest BCUT2D eigenvalue weighted by Gasteiger charge is 2.20. The van der Waals surface area contributed by atoms with Crippen LogP contribution in [0.5, 0.6) is 5.75 Å². The summed E-state index contributed by atoms with van der Waals surface area (Å²) < 4.78 is 11.8. The van der Waals surface area contributed by atoms with Gasteiger partial charge in [-0.2, -0.15) is 4.98 Å². The molecule has 0 amide bonds. The minimum atomic E-state index is -0.336. The average molecular weight is 395 g/mol. The molecular weight excluding hydrogens is 370 g/mol. The minimum Gasteiger partial charge on any atom is -0.497 e. The van der Waals surface area contributed by atoms with E-state index >= 15 is 0 Å². The number of methoxy groups -OCH3 is 1. The van der Waals surface area contributed by atoms with Crippen molar-refractivity contribution in [2.24, 2.45) is 13.0 Å². The molecule has 0 saturated carbocycles. The molecule has 8 nitrogen and oxygen atoms in total. The monoisotopic (exact) mass is 395 g/mol. The molecule has 8 heteroatoms. The van der Waals surface area contributed by atoms with Crippen LogP contribution in [-0.2, 0) is 13.6 Å². The highest BCUT2D eigenvalue weighted by Crippen LogP contribution is 2.22. The molecule has 29 heavy (non-hydrogen) atoms. The third kappa shape index (κ3) is 2.95. The van der Waals surface area contributed by atoms with Crippen molar-refractivity contribution in [3.05, 3.63) is 57.0 Å². The third-order valence-electron chi connectivity index (χ3n) is 5.29. The molecule has 0 atom stereocenters. The van der Waals surface area contributed by atoms with E-state index < -0.39 is 0 Å². The molecule has 0 fully saturated rings. The first-order chi connectivity index (χ1) is 13.8. The smallest absolute Gasteiger partial charge is 0.332 e. The highest BCUT2D eigenvalue weighted by atomic mass is 16.5. The lowest BCUT2D eigenvalue weighted by Crippen LogP contribution is -2.39. The van der Waals surface area contributed by atoms with Gasteiger partial charge in [0.25, 0.3) is 5.56 Å². The van der Waals surface area contributed by atoms with Crippen molar-refractivity contribution in [2.45, 2.75) is 33.7 Å². The second-order valence-corrected chi connectivity index (χ2v) is 7.74. The van der Waals surface area contributed by atoms with Crippen LogP contribution in [0.4, 0.5) is 0 Å². The second-order valence-electron chi connectivity index (χ2n) is 7.74. The van der Waals surface area contributed by atoms with Crippen LogP contribution in [0.3, 0.4) is 0 Å². The van der Waals surface area contributed by atoms with Gasteiger partial charge < -0.3 is 4.74 Å². The summed E-state index contributed by atoms with van der Waals surface area (Å²) in [6.07, 6.45) is 2.64. The largest absolute Gasteiger partial charge is 0.497 e. The van der Waals surface area contributed by atoms with E-state index in [9.17, 15) is 9.59 Å². The number of hydrogen-bond donors (Lipinski definition) is 0. The fourth-order valence-electron chi connectivity index (χ4n) is 3.65. The fraction of sp³-hybridized carbons (Fsp3) is 0.381. The quantitative estimate of drug-likeness (QED) is 0.520. The molecule has 0 radical (unpaired) electrons. The molecule has 0 spiro atoms. The van der Waals surface area contributed by atoms with Crippen LogP contribution in [0, 0.1) is 12.8 Å². The number of aryl methyl sites for hydroxylation is 2. The first kappa shape index (κ1) is 19.0. The number of ether oxygens (including phenoxy) is 1. The molecule has 0 unspecified atom stereocenters. The Kier molecular flexibility index (Phi) is 4.56. The Labute approximate surface area is 167 Å². The molecular formula is C21H25N5O3. The lowest BCUT2D eigenvalue weighted by molar-refractivity contribution is 0.415. The summed E-state index contributed by atoms with van der Waals surface area (Å²) >= 11 is 0. The van der Waals surface area contributed by atoms with E-state index in [1.807, 2.05) is 42.0 Å². The molecule has 0 aliphatic rings. The Morgan fingerprint density at radius 3 is 2.45 bits per heavy atom. The number of rotatable bonds is 5. The Morgan fingerprint density at radius 1 is 1.14 bits per heavy atom. The number of hydrogen-bond acceptors (Lipinski definition) is 4. The lowest BCUT2D eigenvalue weighted by Gasteiger charge is -2.09. The first-order valence-electron chi connectivity index (χ1n) is 9.67. The van der Waals surface area contributed by atoms with Gasteiger partial charge >= 0.3 is 5.69 Å². The van der Waals surface area contributed by atoms with Crippen LogP contribution in [0.15, 0.2) is 40.1 Å². The third-order valence-corrected chi connectivity index (χ3v) is 5.29. The van der Waals surface area contributed by atoms with Gasteiger partial charge in [0.2, 0.25) is 5.78 Å². The zero-order valence-electron chi connectivity index (χ0n) is 17.3. The van der Waals surface area contributed by atoms with E-state index in [0.717, 1.165) is 23.6 Å². The van der Waals surface area contributed by atoms with Crippen LogP contribution in [0.1, 0.15) is 26.0 Å². The van der Waals surface area contributed by atoms with E-state index in [-0.39, 0.29) is 11.2 Å². The Hall–Kier alpha value is -3.29. The average Bonchev–Trinajstić information content (AvgIpc) is 3.20. The van der Waals surface area contributed by atoms with Crippen LogP contribution in [0.2, 0.25) is 0 Å². The van der Waals surface area contributed by atoms with Crippen molar-refractivity contribution < 1.29 is 4.74 Å². The number of imidazole rings is 2. The van der Waals surface area contributed by atoms with Crippen LogP contribution in [0.25, 0.3) is 22.6 Å². The summed E-state index contributed by atoms with van der Waals surface area (Å²) in [7, 11) is 3.28. The van der Waals surface area contributed by atoms with Crippen LogP contribution < -0.4 is 16.0 Å². The SMILES string of the molecule is COc1ccc(-n2c(C)cn3c4c(=O)n(CCC(C)C)c(=O)n(C)c4nc23)cc1. The first-order valence-corrected chi connectivity index (χ1v) is 9.67. The second kappa shape index (κ2) is 6.95. The van der Waals surface area contributed by atoms with E-state index in [2.05, 4.69) is 18.8 Å². The number of nitrogens with zero attached hydrogens (tertiary/aromatic N) is 5. The number of aromatic nitrogens is 5. The summed E-state index contributed by atoms with van der Waals surface area (Å²) in [5.41, 5.74) is 2.00. The van der Waals surface area contributed by atoms with Crippen LogP contribution in [-0.4, -0.2) is 30.2 Å². The zero-order valence-corrected chi connectivity index (χ0v) is 17.3. The highest BCUT2D eigenvalue weighted by molar-refractivity contribution is 5.76. The van der Waals surface area contributed by atoms with E-state index in [0.29, 0.717) is 29.4 Å². The van der Waals surface area contributed by atoms with Gasteiger partial charge in [0, 0.05) is 31.2 Å². The fourth-order valence-corrected chi connectivity index (χ4v) is 3.65. The summed E-state index contributed by atoms with van der Waals surface area (Å²) in [5, 5.41) is 0. The summed E-state index contributed by atoms with van der Waals surface area (Å²) in [6, 6.07) is 7.63. The van der Waals surface area contributed by atoms with E-state index in [1.54, 1.807) is 18.6 Å². The molecule has 0 aliphatic heterocycles. The van der Waals surface area contributed by atoms with Crippen molar-refractivity contribution in [3.63, 3.8) is 0 Å². The Bertz CT molecular complexity index is 1320. The van der Waals surface area contributed by atoms with Crippen molar-refractivity contribution >= 4 is 16.9 Å². The maximum atomic E-state index is 13.2. The summed E-state index contributed by atoms with van der Waals surface area (Å²) in [6.45, 7) is 6.50. The van der Waals surface area contributed by atoms with Gasteiger partial charge in [0.15, 0.2) is 11.2 Å². The summed E-state index contributed by atoms with van der Waals surface area (Å²) in [4.78, 5) is 30.6. The lowest BCUT2D eigenvalue weighted by atomic mass is 10.1. The minimum absolute atomic E-state index is 0.303. The predicted octanol–water partition coefficient (Wildman–Crippen LogP) is 2.50. The van der Waals surface area contributed by atoms with Gasteiger partial charge in [-0.15, -0.1) is 0 Å². The standard InChI is InChI=1S/C21H25N5O3/c1-13(2)10-11-24-19(27)17-18(23(4)21(24)28)22-20-25(17)12-14(3)26(20)15-6-8-16(29-5)9-7-15/h6-9,12-13H,10-11H2,1-5H3. The number of fused-ring (bicyclic) bond motifs is 3. The van der Waals surface area contributed by atoms with Gasteiger partial charge in [0.1, 0.15) is 5.75 Å². The Balaban J connectivity index is 1.99. The molecule has 4 rings (SSSR count). The predicted molar refractivity (Wildman–Crippen MR) is 112 cm³/mol. The maximum absolute atomic E-state index is 13.2. The Morgan fingerprint density at radius 2 is 1.83 bits per heavy atom. The normalized spacial score (nSPS) is 11.8. The molecule has 3 aromatic heterocycles. The molecule has 3 heterocycles. The number of benzene rings is 1. The molecule has 152 valence electrons. The molecule has 4 aromatic rings. The molecule has 0 bridgehead atoms. The van der Waals surface area contributed by atoms with Gasteiger partial charge in [-0.3, -0.25) is 22.9 Å². The van der Waals surface area contributed by atoms with Gasteiger partial charge in [-0.1, -0.05) is 13.8 Å². The summed E-state index contributed by atoms with van der Waals surface area (Å²) in [5.74, 6) is 1.75.